The van der Waals surface area contributed by atoms with Gasteiger partial charge in [-0.15, -0.1) is 0 Å². The topological polar surface area (TPSA) is 47.3 Å². The summed E-state index contributed by atoms with van der Waals surface area (Å²) in [5.74, 6) is 0.0554. The van der Waals surface area contributed by atoms with Gasteiger partial charge in [0.15, 0.2) is 11.5 Å². The zero-order chi connectivity index (χ0) is 15.5. The lowest BCUT2D eigenvalue weighted by molar-refractivity contribution is -0.118. The lowest BCUT2D eigenvalue weighted by atomic mass is 9.80. The van der Waals surface area contributed by atoms with Gasteiger partial charge in [-0.25, -0.2) is 0 Å². The number of halogens is 1. The Balaban J connectivity index is 2.32. The molecule has 1 aromatic carbocycles. The Hall–Kier alpha value is -1.94. The average molecular weight is 347 g/mol. The van der Waals surface area contributed by atoms with Gasteiger partial charge in [-0.05, 0) is 30.7 Å². The third kappa shape index (κ3) is 2.90. The van der Waals surface area contributed by atoms with Crippen LogP contribution in [-0.2, 0) is 10.2 Å². The van der Waals surface area contributed by atoms with Crippen LogP contribution >= 0.6 is 15.9 Å². The van der Waals surface area contributed by atoms with Crippen LogP contribution in [0.15, 0.2) is 59.7 Å². The predicted molar refractivity (Wildman–Crippen MR) is 84.9 cm³/mol. The number of hydrogen-bond acceptors (Lipinski definition) is 3. The van der Waals surface area contributed by atoms with Crippen molar-refractivity contribution in [3.05, 3.63) is 72.2 Å². The number of allylic oxidation sites excluding steroid dienone is 1. The van der Waals surface area contributed by atoms with E-state index < -0.39 is 5.41 Å². The highest BCUT2D eigenvalue weighted by Gasteiger charge is 2.32. The molecule has 1 unspecified atom stereocenters. The fourth-order valence-corrected chi connectivity index (χ4v) is 2.65. The Kier molecular flexibility index (Phi) is 4.58. The van der Waals surface area contributed by atoms with Crippen molar-refractivity contribution in [2.45, 2.75) is 12.3 Å². The maximum Gasteiger partial charge on any atom is 0.228 e. The summed E-state index contributed by atoms with van der Waals surface area (Å²) in [5.41, 5.74) is 0.672. The molecule has 0 radical (unpaired) electrons. The molecule has 0 saturated carbocycles. The van der Waals surface area contributed by atoms with Crippen molar-refractivity contribution in [3.63, 3.8) is 0 Å². The quantitative estimate of drug-likeness (QED) is 0.452. The summed E-state index contributed by atoms with van der Waals surface area (Å²) in [4.78, 5) is 24.2. The second kappa shape index (κ2) is 6.22. The van der Waals surface area contributed by atoms with Crippen molar-refractivity contribution < 1.29 is 14.0 Å². The molecule has 0 aliphatic carbocycles. The van der Waals surface area contributed by atoms with Crippen LogP contribution in [0.4, 0.5) is 0 Å². The van der Waals surface area contributed by atoms with Crippen molar-refractivity contribution in [3.8, 4) is 0 Å². The van der Waals surface area contributed by atoms with E-state index in [0.29, 0.717) is 16.7 Å². The van der Waals surface area contributed by atoms with Crippen LogP contribution in [0.2, 0.25) is 0 Å². The lowest BCUT2D eigenvalue weighted by Gasteiger charge is -2.25. The van der Waals surface area contributed by atoms with Gasteiger partial charge in [-0.2, -0.15) is 0 Å². The van der Waals surface area contributed by atoms with Crippen molar-refractivity contribution in [1.29, 1.82) is 0 Å². The van der Waals surface area contributed by atoms with E-state index in [1.165, 1.54) is 12.3 Å². The molecule has 0 saturated heterocycles. The highest BCUT2D eigenvalue weighted by molar-refractivity contribution is 9.09. The second-order valence-corrected chi connectivity index (χ2v) is 5.48. The first-order valence-corrected chi connectivity index (χ1v) is 7.56. The van der Waals surface area contributed by atoms with Crippen LogP contribution in [0.3, 0.4) is 0 Å². The maximum absolute atomic E-state index is 12.1. The van der Waals surface area contributed by atoms with Crippen molar-refractivity contribution in [1.82, 2.24) is 0 Å². The molecule has 21 heavy (non-hydrogen) atoms. The van der Waals surface area contributed by atoms with Gasteiger partial charge >= 0.3 is 0 Å². The summed E-state index contributed by atoms with van der Waals surface area (Å²) in [5, 5.41) is 0.482. The minimum Gasteiger partial charge on any atom is -0.461 e. The Morgan fingerprint density at radius 1 is 1.29 bits per heavy atom. The normalized spacial score (nSPS) is 13.4. The molecule has 0 spiro atoms. The highest BCUT2D eigenvalue weighted by Crippen LogP contribution is 2.28. The van der Waals surface area contributed by atoms with E-state index in [2.05, 4.69) is 22.5 Å². The smallest absolute Gasteiger partial charge is 0.228 e. The number of hydrogen-bond donors (Lipinski definition) is 0. The molecule has 1 aromatic heterocycles. The molecule has 0 aliphatic rings. The second-order valence-electron chi connectivity index (χ2n) is 4.92. The lowest BCUT2D eigenvalue weighted by Crippen LogP contribution is -2.33. The maximum atomic E-state index is 12.1. The van der Waals surface area contributed by atoms with E-state index in [0.717, 1.165) is 5.56 Å². The SMILES string of the molecule is C=CC(=O)C(C)(CBr)c1ccc(C(=O)c2ccco2)cc1. The minimum atomic E-state index is -0.686. The third-order valence-corrected chi connectivity index (χ3v) is 4.65. The fourth-order valence-electron chi connectivity index (χ4n) is 2.05. The molecule has 2 rings (SSSR count). The van der Waals surface area contributed by atoms with Gasteiger partial charge in [-0.3, -0.25) is 9.59 Å². The van der Waals surface area contributed by atoms with Gasteiger partial charge in [0.2, 0.25) is 5.78 Å². The predicted octanol–water partition coefficient (Wildman–Crippen LogP) is 3.92. The summed E-state index contributed by atoms with van der Waals surface area (Å²) in [7, 11) is 0. The van der Waals surface area contributed by atoms with Crippen molar-refractivity contribution in [2.24, 2.45) is 0 Å². The number of carbonyl (C=O) groups excluding carboxylic acids is 2. The number of furan rings is 1. The summed E-state index contributed by atoms with van der Waals surface area (Å²) < 4.78 is 5.10. The Morgan fingerprint density at radius 3 is 2.43 bits per heavy atom. The van der Waals surface area contributed by atoms with Crippen molar-refractivity contribution >= 4 is 27.5 Å². The van der Waals surface area contributed by atoms with E-state index in [1.54, 1.807) is 36.4 Å². The molecule has 0 aliphatic heterocycles. The standard InChI is InChI=1S/C17H15BrO3/c1-3-15(19)17(2,11-18)13-8-6-12(7-9-13)16(20)14-5-4-10-21-14/h3-10H,1,11H2,2H3. The summed E-state index contributed by atoms with van der Waals surface area (Å²) in [6.45, 7) is 5.39. The Bertz CT molecular complexity index is 656. The van der Waals surface area contributed by atoms with Crippen LogP contribution in [0.25, 0.3) is 0 Å². The third-order valence-electron chi connectivity index (χ3n) is 3.53. The first-order valence-electron chi connectivity index (χ1n) is 6.44. The van der Waals surface area contributed by atoms with Gasteiger partial charge in [-0.1, -0.05) is 46.8 Å². The number of rotatable bonds is 6. The molecule has 0 bridgehead atoms. The number of alkyl halides is 1. The molecule has 3 nitrogen and oxygen atoms in total. The van der Waals surface area contributed by atoms with E-state index in [-0.39, 0.29) is 11.6 Å². The zero-order valence-corrected chi connectivity index (χ0v) is 13.2. The average Bonchev–Trinajstić information content (AvgIpc) is 3.07. The van der Waals surface area contributed by atoms with E-state index in [9.17, 15) is 9.59 Å². The van der Waals surface area contributed by atoms with Crippen LogP contribution in [0, 0.1) is 0 Å². The van der Waals surface area contributed by atoms with Gasteiger partial charge in [0.1, 0.15) is 0 Å². The monoisotopic (exact) mass is 346 g/mol. The van der Waals surface area contributed by atoms with Gasteiger partial charge in [0.05, 0.1) is 11.7 Å². The van der Waals surface area contributed by atoms with Gasteiger partial charge in [0, 0.05) is 10.9 Å². The molecular formula is C17H15BrO3. The summed E-state index contributed by atoms with van der Waals surface area (Å²) in [6.07, 6.45) is 2.79. The molecule has 0 N–H and O–H groups in total. The number of ketones is 2. The Labute approximate surface area is 131 Å². The minimum absolute atomic E-state index is 0.0653. The molecule has 108 valence electrons. The fraction of sp³-hybridized carbons (Fsp3) is 0.176. The van der Waals surface area contributed by atoms with E-state index in [1.807, 2.05) is 6.92 Å². The van der Waals surface area contributed by atoms with E-state index >= 15 is 0 Å². The molecule has 4 heteroatoms. The van der Waals surface area contributed by atoms with Crippen LogP contribution < -0.4 is 0 Å². The van der Waals surface area contributed by atoms with Gasteiger partial charge < -0.3 is 4.42 Å². The largest absolute Gasteiger partial charge is 0.461 e. The number of benzene rings is 1. The van der Waals surface area contributed by atoms with Crippen LogP contribution in [0.5, 0.6) is 0 Å². The van der Waals surface area contributed by atoms with Crippen LogP contribution in [-0.4, -0.2) is 16.9 Å². The molecule has 0 fully saturated rings. The summed E-state index contributed by atoms with van der Waals surface area (Å²) >= 11 is 3.38. The van der Waals surface area contributed by atoms with Crippen molar-refractivity contribution in [2.75, 3.05) is 5.33 Å². The van der Waals surface area contributed by atoms with Gasteiger partial charge in [0.25, 0.3) is 0 Å². The van der Waals surface area contributed by atoms with Crippen LogP contribution in [0.1, 0.15) is 28.6 Å². The van der Waals surface area contributed by atoms with E-state index in [4.69, 9.17) is 4.42 Å². The first-order chi connectivity index (χ1) is 10.0. The molecular weight excluding hydrogens is 332 g/mol. The molecule has 1 atom stereocenters. The first kappa shape index (κ1) is 15.4. The Morgan fingerprint density at radius 2 is 1.95 bits per heavy atom. The summed E-state index contributed by atoms with van der Waals surface area (Å²) in [6, 6.07) is 10.3. The highest BCUT2D eigenvalue weighted by atomic mass is 79.9. The molecule has 0 amide bonds. The molecule has 2 aromatic rings. The molecule has 1 heterocycles. The zero-order valence-electron chi connectivity index (χ0n) is 11.6. The number of carbonyl (C=O) groups is 2.